The molecule has 2 aromatic carbocycles. The van der Waals surface area contributed by atoms with Gasteiger partial charge in [0.05, 0.1) is 20.9 Å². The lowest BCUT2D eigenvalue weighted by atomic mass is 10.1. The predicted molar refractivity (Wildman–Crippen MR) is 117 cm³/mol. The van der Waals surface area contributed by atoms with E-state index in [4.69, 9.17) is 0 Å². The molecule has 2 amide bonds. The third kappa shape index (κ3) is 4.90. The SMILES string of the molecule is O=C(CCCCc1nc2ccccc2s1)NNC(=O)c1cc(-c2ccccc2)n[nH]1. The number of hydrogen-bond acceptors (Lipinski definition) is 5. The largest absolute Gasteiger partial charge is 0.287 e. The van der Waals surface area contributed by atoms with E-state index >= 15 is 0 Å². The first-order valence-electron chi connectivity index (χ1n) is 9.73. The third-order valence-electron chi connectivity index (χ3n) is 4.59. The van der Waals surface area contributed by atoms with Crippen molar-refractivity contribution in [2.24, 2.45) is 0 Å². The number of para-hydroxylation sites is 1. The highest BCUT2D eigenvalue weighted by molar-refractivity contribution is 7.18. The molecule has 4 aromatic rings. The van der Waals surface area contributed by atoms with Crippen LogP contribution < -0.4 is 10.9 Å². The fourth-order valence-corrected chi connectivity index (χ4v) is 4.05. The van der Waals surface area contributed by atoms with Gasteiger partial charge in [0.25, 0.3) is 5.91 Å². The second-order valence-corrected chi connectivity index (χ2v) is 7.93. The van der Waals surface area contributed by atoms with Crippen LogP contribution in [0.25, 0.3) is 21.5 Å². The van der Waals surface area contributed by atoms with Gasteiger partial charge in [0.1, 0.15) is 5.69 Å². The zero-order valence-electron chi connectivity index (χ0n) is 16.2. The number of nitrogens with one attached hydrogen (secondary N) is 3. The fraction of sp³-hybridized carbons (Fsp3) is 0.182. The predicted octanol–water partition coefficient (Wildman–Crippen LogP) is 3.86. The Morgan fingerprint density at radius 2 is 1.77 bits per heavy atom. The number of aromatic amines is 1. The number of H-pyrrole nitrogens is 1. The molecule has 30 heavy (non-hydrogen) atoms. The quantitative estimate of drug-likeness (QED) is 0.313. The first-order valence-corrected chi connectivity index (χ1v) is 10.5. The number of carbonyl (C=O) groups is 2. The maximum atomic E-state index is 12.2. The van der Waals surface area contributed by atoms with Crippen molar-refractivity contribution in [2.75, 3.05) is 0 Å². The molecule has 0 aliphatic carbocycles. The highest BCUT2D eigenvalue weighted by Crippen LogP contribution is 2.22. The number of hydrazine groups is 1. The van der Waals surface area contributed by atoms with Crippen molar-refractivity contribution in [1.29, 1.82) is 0 Å². The summed E-state index contributed by atoms with van der Waals surface area (Å²) in [5, 5.41) is 7.91. The van der Waals surface area contributed by atoms with Crippen LogP contribution in [0.5, 0.6) is 0 Å². The van der Waals surface area contributed by atoms with Gasteiger partial charge in [-0.1, -0.05) is 42.5 Å². The summed E-state index contributed by atoms with van der Waals surface area (Å²) in [5.74, 6) is -0.664. The Morgan fingerprint density at radius 1 is 0.967 bits per heavy atom. The summed E-state index contributed by atoms with van der Waals surface area (Å²) in [5.41, 5.74) is 7.75. The molecule has 0 aliphatic rings. The third-order valence-corrected chi connectivity index (χ3v) is 5.69. The van der Waals surface area contributed by atoms with Gasteiger partial charge in [-0.25, -0.2) is 4.98 Å². The number of unbranched alkanes of at least 4 members (excludes halogenated alkanes) is 1. The number of thiazole rings is 1. The summed E-state index contributed by atoms with van der Waals surface area (Å²) >= 11 is 1.69. The molecule has 152 valence electrons. The molecular formula is C22H21N5O2S. The number of benzene rings is 2. The number of aryl methyl sites for hydroxylation is 1. The highest BCUT2D eigenvalue weighted by Gasteiger charge is 2.12. The van der Waals surface area contributed by atoms with Gasteiger partial charge in [0.15, 0.2) is 0 Å². The molecule has 0 radical (unpaired) electrons. The van der Waals surface area contributed by atoms with E-state index in [1.807, 2.05) is 48.5 Å². The smallest absolute Gasteiger partial charge is 0.273 e. The Bertz CT molecular complexity index is 1120. The molecule has 2 heterocycles. The summed E-state index contributed by atoms with van der Waals surface area (Å²) in [4.78, 5) is 28.8. The number of rotatable bonds is 7. The van der Waals surface area contributed by atoms with Crippen LogP contribution in [0.3, 0.4) is 0 Å². The van der Waals surface area contributed by atoms with Gasteiger partial charge in [-0.15, -0.1) is 11.3 Å². The summed E-state index contributed by atoms with van der Waals surface area (Å²) in [6, 6.07) is 19.3. The van der Waals surface area contributed by atoms with Crippen LogP contribution in [0.4, 0.5) is 0 Å². The van der Waals surface area contributed by atoms with Gasteiger partial charge in [-0.2, -0.15) is 5.10 Å². The topological polar surface area (TPSA) is 99.8 Å². The van der Waals surface area contributed by atoms with E-state index in [0.717, 1.165) is 35.4 Å². The summed E-state index contributed by atoms with van der Waals surface area (Å²) in [6.45, 7) is 0. The second-order valence-electron chi connectivity index (χ2n) is 6.82. The Balaban J connectivity index is 1.18. The molecule has 8 heteroatoms. The first-order chi connectivity index (χ1) is 14.7. The number of fused-ring (bicyclic) bond motifs is 1. The molecule has 0 bridgehead atoms. The molecule has 0 fully saturated rings. The van der Waals surface area contributed by atoms with Crippen LogP contribution in [0.15, 0.2) is 60.7 Å². The van der Waals surface area contributed by atoms with E-state index in [-0.39, 0.29) is 11.6 Å². The summed E-state index contributed by atoms with van der Waals surface area (Å²) in [7, 11) is 0. The molecule has 4 rings (SSSR count). The van der Waals surface area contributed by atoms with Gasteiger partial charge in [0, 0.05) is 12.0 Å². The van der Waals surface area contributed by atoms with Gasteiger partial charge < -0.3 is 0 Å². The van der Waals surface area contributed by atoms with E-state index < -0.39 is 5.91 Å². The Labute approximate surface area is 177 Å². The minimum absolute atomic E-state index is 0.226. The molecule has 0 atom stereocenters. The van der Waals surface area contributed by atoms with E-state index in [0.29, 0.717) is 12.1 Å². The van der Waals surface area contributed by atoms with Crippen LogP contribution in [0.1, 0.15) is 34.8 Å². The Kier molecular flexibility index (Phi) is 6.14. The zero-order chi connectivity index (χ0) is 20.8. The summed E-state index contributed by atoms with van der Waals surface area (Å²) in [6.07, 6.45) is 2.76. The second kappa shape index (κ2) is 9.32. The van der Waals surface area contributed by atoms with Crippen LogP contribution in [-0.4, -0.2) is 27.0 Å². The molecule has 2 aromatic heterocycles. The van der Waals surface area contributed by atoms with Crippen LogP contribution in [-0.2, 0) is 11.2 Å². The van der Waals surface area contributed by atoms with Crippen molar-refractivity contribution >= 4 is 33.4 Å². The molecular weight excluding hydrogens is 398 g/mol. The van der Waals surface area contributed by atoms with Crippen molar-refractivity contribution in [2.45, 2.75) is 25.7 Å². The molecule has 3 N–H and O–H groups in total. The molecule has 0 aliphatic heterocycles. The molecule has 0 spiro atoms. The fourth-order valence-electron chi connectivity index (χ4n) is 3.04. The van der Waals surface area contributed by atoms with Crippen molar-refractivity contribution in [1.82, 2.24) is 26.0 Å². The lowest BCUT2D eigenvalue weighted by molar-refractivity contribution is -0.121. The van der Waals surface area contributed by atoms with Crippen molar-refractivity contribution < 1.29 is 9.59 Å². The number of nitrogens with zero attached hydrogens (tertiary/aromatic N) is 2. The average molecular weight is 420 g/mol. The standard InChI is InChI=1S/C22H21N5O2S/c28-20(12-6-7-13-21-23-16-10-4-5-11-19(16)30-21)26-27-22(29)18-14-17(24-25-18)15-8-2-1-3-9-15/h1-5,8-11,14H,6-7,12-13H2,(H,24,25)(H,26,28)(H,27,29). The van der Waals surface area contributed by atoms with Crippen molar-refractivity contribution in [3.05, 3.63) is 71.4 Å². The summed E-state index contributed by atoms with van der Waals surface area (Å²) < 4.78 is 1.18. The minimum Gasteiger partial charge on any atom is -0.273 e. The van der Waals surface area contributed by atoms with Crippen molar-refractivity contribution in [3.8, 4) is 11.3 Å². The monoisotopic (exact) mass is 419 g/mol. The number of amides is 2. The van der Waals surface area contributed by atoms with E-state index in [2.05, 4.69) is 32.1 Å². The normalized spacial score (nSPS) is 10.8. The van der Waals surface area contributed by atoms with Crippen LogP contribution in [0, 0.1) is 0 Å². The van der Waals surface area contributed by atoms with E-state index in [1.54, 1.807) is 17.4 Å². The van der Waals surface area contributed by atoms with Crippen LogP contribution >= 0.6 is 11.3 Å². The number of carbonyl (C=O) groups excluding carboxylic acids is 2. The molecule has 0 saturated carbocycles. The number of aromatic nitrogens is 3. The lowest BCUT2D eigenvalue weighted by Gasteiger charge is -2.05. The van der Waals surface area contributed by atoms with Gasteiger partial charge >= 0.3 is 0 Å². The van der Waals surface area contributed by atoms with E-state index in [9.17, 15) is 9.59 Å². The maximum absolute atomic E-state index is 12.2. The lowest BCUT2D eigenvalue weighted by Crippen LogP contribution is -2.41. The van der Waals surface area contributed by atoms with Gasteiger partial charge in [-0.05, 0) is 37.5 Å². The van der Waals surface area contributed by atoms with Gasteiger partial charge in [0.2, 0.25) is 5.91 Å². The minimum atomic E-state index is -0.437. The van der Waals surface area contributed by atoms with Crippen LogP contribution in [0.2, 0.25) is 0 Å². The van der Waals surface area contributed by atoms with Gasteiger partial charge in [-0.3, -0.25) is 25.5 Å². The van der Waals surface area contributed by atoms with Crippen molar-refractivity contribution in [3.63, 3.8) is 0 Å². The highest BCUT2D eigenvalue weighted by atomic mass is 32.1. The Morgan fingerprint density at radius 3 is 2.60 bits per heavy atom. The zero-order valence-corrected chi connectivity index (χ0v) is 17.0. The molecule has 0 saturated heterocycles. The molecule has 0 unspecified atom stereocenters. The molecule has 7 nitrogen and oxygen atoms in total. The Hall–Kier alpha value is -3.52. The number of hydrogen-bond donors (Lipinski definition) is 3. The first kappa shape index (κ1) is 19.8. The maximum Gasteiger partial charge on any atom is 0.287 e. The average Bonchev–Trinajstić information content (AvgIpc) is 3.43. The van der Waals surface area contributed by atoms with E-state index in [1.165, 1.54) is 4.70 Å².